The summed E-state index contributed by atoms with van der Waals surface area (Å²) >= 11 is 3.63. The number of fused-ring (bicyclic) bond motifs is 5. The maximum Gasteiger partial charge on any atom is 0.231 e. The molecular formula is C22H22BrN3O3. The molecule has 2 aromatic rings. The Morgan fingerprint density at radius 3 is 2.69 bits per heavy atom. The highest BCUT2D eigenvalue weighted by Crippen LogP contribution is 2.50. The summed E-state index contributed by atoms with van der Waals surface area (Å²) in [6, 6.07) is 12.6. The van der Waals surface area contributed by atoms with E-state index in [-0.39, 0.29) is 18.6 Å². The molecule has 4 heterocycles. The monoisotopic (exact) mass is 455 g/mol. The molecule has 6 nitrogen and oxygen atoms in total. The quantitative estimate of drug-likeness (QED) is 0.646. The van der Waals surface area contributed by atoms with E-state index in [0.717, 1.165) is 65.3 Å². The second-order valence-electron chi connectivity index (χ2n) is 8.21. The Hall–Kier alpha value is -2.25. The minimum atomic E-state index is -0.379. The first kappa shape index (κ1) is 17.6. The highest BCUT2D eigenvalue weighted by atomic mass is 79.9. The van der Waals surface area contributed by atoms with E-state index in [9.17, 15) is 0 Å². The number of halogens is 1. The lowest BCUT2D eigenvalue weighted by Gasteiger charge is -2.50. The third kappa shape index (κ3) is 2.74. The SMILES string of the molecule is CN1CCC2(CC1)Oc1ccc(Br)cc1[C@H]1CC(c3ccc4c(c3)OCO4)=NN12. The third-order valence-corrected chi connectivity index (χ3v) is 6.93. The van der Waals surface area contributed by atoms with E-state index in [0.29, 0.717) is 0 Å². The molecule has 150 valence electrons. The van der Waals surface area contributed by atoms with Crippen LogP contribution in [-0.4, -0.2) is 48.3 Å². The number of rotatable bonds is 1. The van der Waals surface area contributed by atoms with E-state index >= 15 is 0 Å². The molecule has 7 heteroatoms. The number of piperidine rings is 1. The van der Waals surface area contributed by atoms with Gasteiger partial charge in [0, 0.05) is 48.0 Å². The highest BCUT2D eigenvalue weighted by molar-refractivity contribution is 9.10. The molecule has 6 rings (SSSR count). The first-order valence-corrected chi connectivity index (χ1v) is 10.8. The third-order valence-electron chi connectivity index (χ3n) is 6.43. The molecule has 0 aromatic heterocycles. The number of nitrogens with zero attached hydrogens (tertiary/aromatic N) is 3. The first-order chi connectivity index (χ1) is 14.1. The number of hydrazone groups is 1. The van der Waals surface area contributed by atoms with Gasteiger partial charge in [-0.05, 0) is 43.4 Å². The van der Waals surface area contributed by atoms with Crippen LogP contribution in [0.5, 0.6) is 17.2 Å². The topological polar surface area (TPSA) is 46.5 Å². The Labute approximate surface area is 178 Å². The van der Waals surface area contributed by atoms with Crippen LogP contribution in [-0.2, 0) is 0 Å². The molecule has 2 aromatic carbocycles. The summed E-state index contributed by atoms with van der Waals surface area (Å²) in [5.74, 6) is 2.58. The fourth-order valence-corrected chi connectivity index (χ4v) is 5.18. The highest BCUT2D eigenvalue weighted by Gasteiger charge is 2.51. The van der Waals surface area contributed by atoms with Gasteiger partial charge < -0.3 is 19.1 Å². The van der Waals surface area contributed by atoms with Crippen molar-refractivity contribution in [2.75, 3.05) is 26.9 Å². The van der Waals surface area contributed by atoms with Gasteiger partial charge in [0.2, 0.25) is 12.5 Å². The maximum atomic E-state index is 6.66. The Kier molecular flexibility index (Phi) is 3.87. The molecule has 0 unspecified atom stereocenters. The van der Waals surface area contributed by atoms with Crippen molar-refractivity contribution in [2.24, 2.45) is 5.10 Å². The van der Waals surface area contributed by atoms with Gasteiger partial charge in [-0.3, -0.25) is 0 Å². The predicted octanol–water partition coefficient (Wildman–Crippen LogP) is 4.14. The van der Waals surface area contributed by atoms with Gasteiger partial charge in [-0.15, -0.1) is 0 Å². The van der Waals surface area contributed by atoms with Crippen LogP contribution in [0, 0.1) is 0 Å². The van der Waals surface area contributed by atoms with E-state index in [4.69, 9.17) is 19.3 Å². The van der Waals surface area contributed by atoms with Crippen molar-refractivity contribution in [3.05, 3.63) is 52.0 Å². The maximum absolute atomic E-state index is 6.66. The zero-order chi connectivity index (χ0) is 19.6. The van der Waals surface area contributed by atoms with Crippen LogP contribution in [0.1, 0.15) is 36.4 Å². The van der Waals surface area contributed by atoms with Crippen LogP contribution in [0.25, 0.3) is 0 Å². The molecule has 4 aliphatic heterocycles. The second kappa shape index (κ2) is 6.37. The number of hydrogen-bond acceptors (Lipinski definition) is 6. The van der Waals surface area contributed by atoms with E-state index < -0.39 is 0 Å². The van der Waals surface area contributed by atoms with Gasteiger partial charge in [0.15, 0.2) is 11.5 Å². The zero-order valence-electron chi connectivity index (χ0n) is 16.2. The van der Waals surface area contributed by atoms with Gasteiger partial charge >= 0.3 is 0 Å². The smallest absolute Gasteiger partial charge is 0.231 e. The van der Waals surface area contributed by atoms with E-state index in [1.165, 1.54) is 5.56 Å². The van der Waals surface area contributed by atoms with Crippen LogP contribution < -0.4 is 14.2 Å². The van der Waals surface area contributed by atoms with Crippen molar-refractivity contribution >= 4 is 21.6 Å². The minimum absolute atomic E-state index is 0.181. The summed E-state index contributed by atoms with van der Waals surface area (Å²) in [5, 5.41) is 7.38. The molecule has 1 atom stereocenters. The molecular weight excluding hydrogens is 434 g/mol. The Bertz CT molecular complexity index is 1020. The Morgan fingerprint density at radius 2 is 1.83 bits per heavy atom. The fraction of sp³-hybridized carbons (Fsp3) is 0.409. The molecule has 29 heavy (non-hydrogen) atoms. The Balaban J connectivity index is 1.43. The number of likely N-dealkylation sites (tertiary alicyclic amines) is 1. The van der Waals surface area contributed by atoms with Gasteiger partial charge in [0.25, 0.3) is 0 Å². The van der Waals surface area contributed by atoms with E-state index in [2.05, 4.69) is 57.2 Å². The van der Waals surface area contributed by atoms with Crippen molar-refractivity contribution in [1.82, 2.24) is 9.91 Å². The second-order valence-corrected chi connectivity index (χ2v) is 9.13. The average Bonchev–Trinajstić information content (AvgIpc) is 3.38. The largest absolute Gasteiger partial charge is 0.466 e. The summed E-state index contributed by atoms with van der Waals surface area (Å²) in [7, 11) is 2.17. The molecule has 1 spiro atoms. The molecule has 0 radical (unpaired) electrons. The lowest BCUT2D eigenvalue weighted by molar-refractivity contribution is -0.147. The summed E-state index contributed by atoms with van der Waals surface area (Å²) in [5.41, 5.74) is 2.98. The van der Waals surface area contributed by atoms with Gasteiger partial charge in [-0.2, -0.15) is 5.10 Å². The van der Waals surface area contributed by atoms with Gasteiger partial charge in [-0.1, -0.05) is 15.9 Å². The molecule has 4 aliphatic rings. The number of benzene rings is 2. The predicted molar refractivity (Wildman–Crippen MR) is 113 cm³/mol. The summed E-state index contributed by atoms with van der Waals surface area (Å²) < 4.78 is 18.8. The van der Waals surface area contributed by atoms with Crippen LogP contribution in [0.2, 0.25) is 0 Å². The van der Waals surface area contributed by atoms with Crippen molar-refractivity contribution in [2.45, 2.75) is 31.0 Å². The van der Waals surface area contributed by atoms with E-state index in [1.807, 2.05) is 12.1 Å². The van der Waals surface area contributed by atoms with Crippen LogP contribution in [0.15, 0.2) is 46.0 Å². The first-order valence-electron chi connectivity index (χ1n) is 10.1. The summed E-state index contributed by atoms with van der Waals surface area (Å²) in [4.78, 5) is 2.36. The van der Waals surface area contributed by atoms with Gasteiger partial charge in [-0.25, -0.2) is 5.01 Å². The lowest BCUT2D eigenvalue weighted by atomic mass is 9.91. The van der Waals surface area contributed by atoms with Crippen molar-refractivity contribution in [1.29, 1.82) is 0 Å². The minimum Gasteiger partial charge on any atom is -0.466 e. The molecule has 0 amide bonds. The van der Waals surface area contributed by atoms with Crippen molar-refractivity contribution in [3.8, 4) is 17.2 Å². The molecule has 0 saturated carbocycles. The van der Waals surface area contributed by atoms with Crippen LogP contribution >= 0.6 is 15.9 Å². The van der Waals surface area contributed by atoms with Crippen LogP contribution in [0.4, 0.5) is 0 Å². The fourth-order valence-electron chi connectivity index (χ4n) is 4.80. The summed E-state index contributed by atoms with van der Waals surface area (Å²) in [6.45, 7) is 2.29. The molecule has 0 N–H and O–H groups in total. The molecule has 0 bridgehead atoms. The molecule has 1 fully saturated rings. The lowest BCUT2D eigenvalue weighted by Crippen LogP contribution is -2.58. The molecule has 0 aliphatic carbocycles. The number of ether oxygens (including phenoxy) is 3. The standard InChI is InChI=1S/C22H22BrN3O3/c1-25-8-6-22(7-9-25)26-18(16-11-15(23)3-5-19(16)29-22)12-17(24-26)14-2-4-20-21(10-14)28-13-27-20/h2-5,10-11,18H,6-9,12-13H2,1H3/t18-/m1/s1. The zero-order valence-corrected chi connectivity index (χ0v) is 17.8. The number of hydrogen-bond donors (Lipinski definition) is 0. The normalized spacial score (nSPS) is 24.1. The average molecular weight is 456 g/mol. The van der Waals surface area contributed by atoms with Crippen molar-refractivity contribution in [3.63, 3.8) is 0 Å². The Morgan fingerprint density at radius 1 is 1.03 bits per heavy atom. The van der Waals surface area contributed by atoms with Gasteiger partial charge in [0.1, 0.15) is 5.75 Å². The van der Waals surface area contributed by atoms with Gasteiger partial charge in [0.05, 0.1) is 11.8 Å². The van der Waals surface area contributed by atoms with E-state index in [1.54, 1.807) is 0 Å². The summed E-state index contributed by atoms with van der Waals surface area (Å²) in [6.07, 6.45) is 2.73. The molecule has 1 saturated heterocycles. The van der Waals surface area contributed by atoms with Crippen LogP contribution in [0.3, 0.4) is 0 Å². The van der Waals surface area contributed by atoms with Crippen molar-refractivity contribution < 1.29 is 14.2 Å².